The first kappa shape index (κ1) is 16.3. The first-order chi connectivity index (χ1) is 12.7. The fourth-order valence-corrected chi connectivity index (χ4v) is 3.69. The van der Waals surface area contributed by atoms with Crippen molar-refractivity contribution in [1.29, 1.82) is 0 Å². The molecule has 4 rings (SSSR count). The molecule has 0 aliphatic heterocycles. The highest BCUT2D eigenvalue weighted by atomic mass is 16.2. The Bertz CT molecular complexity index is 1010. The second kappa shape index (κ2) is 6.64. The average Bonchev–Trinajstić information content (AvgIpc) is 3.11. The zero-order chi connectivity index (χ0) is 18.1. The van der Waals surface area contributed by atoms with Crippen molar-refractivity contribution >= 4 is 22.6 Å². The van der Waals surface area contributed by atoms with Crippen LogP contribution in [0.25, 0.3) is 10.8 Å². The standard InChI is InChI=1S/C22H20N2O2/c1-23-21(25)17-6-2-4-14(12-17)13-24-22(26)19-11-10-16-9-8-15-5-3-7-18(19)20(15)16/h2-7,10-12H,8-9,13H2,1H3,(H,23,25)(H,24,26). The number of hydrogen-bond donors (Lipinski definition) is 2. The van der Waals surface area contributed by atoms with E-state index in [1.165, 1.54) is 16.5 Å². The molecule has 4 nitrogen and oxygen atoms in total. The largest absolute Gasteiger partial charge is 0.355 e. The maximum Gasteiger partial charge on any atom is 0.252 e. The molecular weight excluding hydrogens is 324 g/mol. The highest BCUT2D eigenvalue weighted by molar-refractivity contribution is 6.09. The normalized spacial score (nSPS) is 12.2. The maximum atomic E-state index is 12.8. The lowest BCUT2D eigenvalue weighted by molar-refractivity contribution is 0.0950. The van der Waals surface area contributed by atoms with E-state index in [1.807, 2.05) is 30.3 Å². The molecule has 1 aliphatic carbocycles. The van der Waals surface area contributed by atoms with E-state index in [4.69, 9.17) is 0 Å². The smallest absolute Gasteiger partial charge is 0.252 e. The average molecular weight is 344 g/mol. The minimum absolute atomic E-state index is 0.0917. The highest BCUT2D eigenvalue weighted by Gasteiger charge is 2.18. The SMILES string of the molecule is CNC(=O)c1cccc(CNC(=O)c2ccc3c4c(cccc24)CC3)c1. The lowest BCUT2D eigenvalue weighted by atomic mass is 9.99. The third-order valence-corrected chi connectivity index (χ3v) is 4.99. The zero-order valence-corrected chi connectivity index (χ0v) is 14.6. The maximum absolute atomic E-state index is 12.8. The Morgan fingerprint density at radius 3 is 2.50 bits per heavy atom. The summed E-state index contributed by atoms with van der Waals surface area (Å²) >= 11 is 0. The molecule has 26 heavy (non-hydrogen) atoms. The molecule has 0 saturated heterocycles. The van der Waals surface area contributed by atoms with Crippen LogP contribution in [-0.2, 0) is 19.4 Å². The molecule has 0 atom stereocenters. The second-order valence-corrected chi connectivity index (χ2v) is 6.57. The molecule has 0 fully saturated rings. The summed E-state index contributed by atoms with van der Waals surface area (Å²) in [5.74, 6) is -0.225. The number of hydrogen-bond acceptors (Lipinski definition) is 2. The predicted octanol–water partition coefficient (Wildman–Crippen LogP) is 3.23. The first-order valence-corrected chi connectivity index (χ1v) is 8.80. The molecule has 0 saturated carbocycles. The molecule has 3 aromatic carbocycles. The lowest BCUT2D eigenvalue weighted by Gasteiger charge is -2.10. The highest BCUT2D eigenvalue weighted by Crippen LogP contribution is 2.32. The Hall–Kier alpha value is -3.14. The first-order valence-electron chi connectivity index (χ1n) is 8.80. The topological polar surface area (TPSA) is 58.2 Å². The van der Waals surface area contributed by atoms with Crippen LogP contribution in [0.5, 0.6) is 0 Å². The number of carbonyl (C=O) groups is 2. The monoisotopic (exact) mass is 344 g/mol. The predicted molar refractivity (Wildman–Crippen MR) is 102 cm³/mol. The molecule has 0 spiro atoms. The third kappa shape index (κ3) is 2.84. The molecule has 0 bridgehead atoms. The van der Waals surface area contributed by atoms with Gasteiger partial charge in [-0.1, -0.05) is 36.4 Å². The molecule has 130 valence electrons. The van der Waals surface area contributed by atoms with Crippen LogP contribution < -0.4 is 10.6 Å². The van der Waals surface area contributed by atoms with Gasteiger partial charge in [0.05, 0.1) is 0 Å². The summed E-state index contributed by atoms with van der Waals surface area (Å²) in [5, 5.41) is 7.85. The van der Waals surface area contributed by atoms with Gasteiger partial charge in [0.25, 0.3) is 11.8 Å². The van der Waals surface area contributed by atoms with Crippen molar-refractivity contribution < 1.29 is 9.59 Å². The summed E-state index contributed by atoms with van der Waals surface area (Å²) in [6.45, 7) is 0.382. The van der Waals surface area contributed by atoms with Gasteiger partial charge in [-0.25, -0.2) is 0 Å². The lowest BCUT2D eigenvalue weighted by Crippen LogP contribution is -2.23. The van der Waals surface area contributed by atoms with E-state index in [-0.39, 0.29) is 11.8 Å². The Labute approximate surface area is 152 Å². The van der Waals surface area contributed by atoms with Crippen LogP contribution in [0.15, 0.2) is 54.6 Å². The Morgan fingerprint density at radius 1 is 0.923 bits per heavy atom. The Balaban J connectivity index is 1.57. The summed E-state index contributed by atoms with van der Waals surface area (Å²) < 4.78 is 0. The van der Waals surface area contributed by atoms with Gasteiger partial charge in [0, 0.05) is 24.7 Å². The molecule has 0 radical (unpaired) electrons. The minimum atomic E-state index is -0.134. The van der Waals surface area contributed by atoms with Crippen LogP contribution >= 0.6 is 0 Å². The van der Waals surface area contributed by atoms with E-state index >= 15 is 0 Å². The molecule has 1 aliphatic rings. The van der Waals surface area contributed by atoms with Gasteiger partial charge in [-0.2, -0.15) is 0 Å². The summed E-state index contributed by atoms with van der Waals surface area (Å²) in [6.07, 6.45) is 2.09. The van der Waals surface area contributed by atoms with E-state index < -0.39 is 0 Å². The van der Waals surface area contributed by atoms with E-state index in [1.54, 1.807) is 19.2 Å². The fraction of sp³-hybridized carbons (Fsp3) is 0.182. The van der Waals surface area contributed by atoms with Crippen LogP contribution in [0.2, 0.25) is 0 Å². The molecule has 0 aromatic heterocycles. The van der Waals surface area contributed by atoms with Crippen molar-refractivity contribution in [3.05, 3.63) is 82.4 Å². The number of carbonyl (C=O) groups excluding carboxylic acids is 2. The number of aryl methyl sites for hydroxylation is 2. The van der Waals surface area contributed by atoms with Crippen molar-refractivity contribution in [2.45, 2.75) is 19.4 Å². The van der Waals surface area contributed by atoms with Crippen molar-refractivity contribution in [1.82, 2.24) is 10.6 Å². The summed E-state index contributed by atoms with van der Waals surface area (Å²) in [4.78, 5) is 24.5. The van der Waals surface area contributed by atoms with E-state index in [2.05, 4.69) is 22.8 Å². The number of benzene rings is 3. The molecule has 2 amide bonds. The van der Waals surface area contributed by atoms with Gasteiger partial charge in [-0.15, -0.1) is 0 Å². The van der Waals surface area contributed by atoms with Crippen molar-refractivity contribution in [3.8, 4) is 0 Å². The zero-order valence-electron chi connectivity index (χ0n) is 14.6. The van der Waals surface area contributed by atoms with Crippen molar-refractivity contribution in [2.75, 3.05) is 7.05 Å². The van der Waals surface area contributed by atoms with Gasteiger partial charge in [0.2, 0.25) is 0 Å². The van der Waals surface area contributed by atoms with Crippen LogP contribution in [0, 0.1) is 0 Å². The van der Waals surface area contributed by atoms with Crippen LogP contribution in [0.1, 0.15) is 37.4 Å². The quantitative estimate of drug-likeness (QED) is 0.763. The van der Waals surface area contributed by atoms with Gasteiger partial charge in [0.1, 0.15) is 0 Å². The second-order valence-electron chi connectivity index (χ2n) is 6.57. The van der Waals surface area contributed by atoms with Gasteiger partial charge in [0.15, 0.2) is 0 Å². The summed E-state index contributed by atoms with van der Waals surface area (Å²) in [7, 11) is 1.60. The number of amides is 2. The fourth-order valence-electron chi connectivity index (χ4n) is 3.69. The third-order valence-electron chi connectivity index (χ3n) is 4.99. The number of nitrogens with one attached hydrogen (secondary N) is 2. The van der Waals surface area contributed by atoms with E-state index in [0.717, 1.165) is 23.8 Å². The van der Waals surface area contributed by atoms with Crippen LogP contribution in [0.4, 0.5) is 0 Å². The van der Waals surface area contributed by atoms with Gasteiger partial charge >= 0.3 is 0 Å². The summed E-state index contributed by atoms with van der Waals surface area (Å²) in [6, 6.07) is 17.5. The van der Waals surface area contributed by atoms with Crippen LogP contribution in [-0.4, -0.2) is 18.9 Å². The molecule has 0 heterocycles. The Morgan fingerprint density at radius 2 is 1.69 bits per heavy atom. The molecular formula is C22H20N2O2. The molecule has 4 heteroatoms. The summed E-state index contributed by atoms with van der Waals surface area (Å²) in [5.41, 5.74) is 4.83. The Kier molecular flexibility index (Phi) is 4.17. The van der Waals surface area contributed by atoms with E-state index in [9.17, 15) is 9.59 Å². The molecule has 3 aromatic rings. The minimum Gasteiger partial charge on any atom is -0.355 e. The van der Waals surface area contributed by atoms with Gasteiger partial charge in [-0.05, 0) is 58.5 Å². The van der Waals surface area contributed by atoms with Gasteiger partial charge < -0.3 is 10.6 Å². The molecule has 2 N–H and O–H groups in total. The molecule has 0 unspecified atom stereocenters. The van der Waals surface area contributed by atoms with E-state index in [0.29, 0.717) is 17.7 Å². The van der Waals surface area contributed by atoms with Crippen LogP contribution in [0.3, 0.4) is 0 Å². The van der Waals surface area contributed by atoms with Gasteiger partial charge in [-0.3, -0.25) is 9.59 Å². The van der Waals surface area contributed by atoms with Crippen molar-refractivity contribution in [2.24, 2.45) is 0 Å². The number of rotatable bonds is 4. The van der Waals surface area contributed by atoms with Crippen molar-refractivity contribution in [3.63, 3.8) is 0 Å².